The molecule has 0 heterocycles. The average molecular weight is 347 g/mol. The maximum absolute atomic E-state index is 12.4. The number of amides is 1. The Morgan fingerprint density at radius 2 is 2.14 bits per heavy atom. The van der Waals surface area contributed by atoms with Gasteiger partial charge in [0.1, 0.15) is 12.4 Å². The van der Waals surface area contributed by atoms with Crippen LogP contribution in [-0.4, -0.2) is 37.6 Å². The molecular formula is C16H24Cl2N2O2. The van der Waals surface area contributed by atoms with Gasteiger partial charge in [0.2, 0.25) is 5.91 Å². The van der Waals surface area contributed by atoms with Crippen LogP contribution in [0.4, 0.5) is 0 Å². The molecule has 0 bridgehead atoms. The highest BCUT2D eigenvalue weighted by molar-refractivity contribution is 6.32. The monoisotopic (exact) mass is 346 g/mol. The van der Waals surface area contributed by atoms with Gasteiger partial charge in [-0.3, -0.25) is 4.79 Å². The quantitative estimate of drug-likeness (QED) is 0.861. The van der Waals surface area contributed by atoms with E-state index in [0.29, 0.717) is 36.4 Å². The van der Waals surface area contributed by atoms with Crippen LogP contribution in [-0.2, 0) is 4.79 Å². The number of carbonyl (C=O) groups is 1. The first-order valence-corrected chi connectivity index (χ1v) is 7.83. The molecule has 0 spiro atoms. The number of nitrogens with two attached hydrogens (primary N) is 1. The smallest absolute Gasteiger partial charge is 0.225 e. The number of halogens is 2. The van der Waals surface area contributed by atoms with Crippen molar-refractivity contribution in [2.75, 3.05) is 26.7 Å². The van der Waals surface area contributed by atoms with Gasteiger partial charge >= 0.3 is 0 Å². The van der Waals surface area contributed by atoms with Crippen molar-refractivity contribution in [2.45, 2.75) is 19.3 Å². The fraction of sp³-hybridized carbons (Fsp3) is 0.562. The van der Waals surface area contributed by atoms with Crippen molar-refractivity contribution in [2.24, 2.45) is 17.6 Å². The molecule has 2 rings (SSSR count). The van der Waals surface area contributed by atoms with E-state index < -0.39 is 0 Å². The molecule has 4 nitrogen and oxygen atoms in total. The number of carbonyl (C=O) groups excluding carboxylic acids is 1. The number of rotatable bonds is 6. The number of hydrogen-bond acceptors (Lipinski definition) is 3. The first kappa shape index (κ1) is 19.1. The zero-order valence-corrected chi connectivity index (χ0v) is 14.4. The predicted octanol–water partition coefficient (Wildman–Crippen LogP) is 2.97. The van der Waals surface area contributed by atoms with Gasteiger partial charge in [0.15, 0.2) is 0 Å². The number of ether oxygens (including phenoxy) is 1. The Hall–Kier alpha value is -0.970. The first-order chi connectivity index (χ1) is 10.1. The summed E-state index contributed by atoms with van der Waals surface area (Å²) in [6.07, 6.45) is 3.12. The van der Waals surface area contributed by atoms with Gasteiger partial charge < -0.3 is 15.4 Å². The minimum Gasteiger partial charge on any atom is -0.490 e. The molecule has 1 aromatic rings. The lowest BCUT2D eigenvalue weighted by atomic mass is 9.95. The van der Waals surface area contributed by atoms with Gasteiger partial charge in [-0.2, -0.15) is 0 Å². The van der Waals surface area contributed by atoms with Crippen molar-refractivity contribution in [1.29, 1.82) is 0 Å². The lowest BCUT2D eigenvalue weighted by Gasteiger charge is -2.24. The third-order valence-corrected chi connectivity index (χ3v) is 4.49. The predicted molar refractivity (Wildman–Crippen MR) is 91.7 cm³/mol. The lowest BCUT2D eigenvalue weighted by molar-refractivity contribution is -0.135. The Morgan fingerprint density at radius 3 is 2.82 bits per heavy atom. The van der Waals surface area contributed by atoms with Gasteiger partial charge in [0.25, 0.3) is 0 Å². The molecule has 1 aliphatic rings. The number of benzene rings is 1. The van der Waals surface area contributed by atoms with E-state index in [1.807, 2.05) is 25.2 Å². The van der Waals surface area contributed by atoms with Crippen molar-refractivity contribution in [3.05, 3.63) is 29.3 Å². The maximum atomic E-state index is 12.4. The van der Waals surface area contributed by atoms with Crippen LogP contribution in [0.1, 0.15) is 19.3 Å². The standard InChI is InChI=1S/C16H23ClN2O2.ClH/c1-19(16(20)13-6-4-5-12(13)11-18)9-10-21-15-8-3-2-7-14(15)17;/h2-3,7-8,12-13H,4-6,9-11,18H2,1H3;1H/t12-,13-;/m1./s1. The molecule has 2 N–H and O–H groups in total. The number of para-hydroxylation sites is 1. The molecule has 0 aliphatic heterocycles. The first-order valence-electron chi connectivity index (χ1n) is 7.46. The minimum atomic E-state index is 0. The number of likely N-dealkylation sites (N-methyl/N-ethyl adjacent to an activating group) is 1. The Morgan fingerprint density at radius 1 is 1.41 bits per heavy atom. The summed E-state index contributed by atoms with van der Waals surface area (Å²) in [5, 5.41) is 0.588. The van der Waals surface area contributed by atoms with Crippen molar-refractivity contribution in [3.63, 3.8) is 0 Å². The van der Waals surface area contributed by atoms with Gasteiger partial charge in [0, 0.05) is 13.0 Å². The van der Waals surface area contributed by atoms with E-state index in [1.54, 1.807) is 11.0 Å². The van der Waals surface area contributed by atoms with E-state index in [1.165, 1.54) is 0 Å². The summed E-state index contributed by atoms with van der Waals surface area (Å²) >= 11 is 6.02. The Kier molecular flexibility index (Phi) is 8.01. The van der Waals surface area contributed by atoms with Crippen LogP contribution in [0, 0.1) is 11.8 Å². The SMILES string of the molecule is CN(CCOc1ccccc1Cl)C(=O)[C@@H]1CCC[C@@H]1CN.Cl. The Bertz CT molecular complexity index is 485. The second-order valence-electron chi connectivity index (χ2n) is 5.57. The zero-order chi connectivity index (χ0) is 15.2. The molecule has 22 heavy (non-hydrogen) atoms. The lowest BCUT2D eigenvalue weighted by Crippen LogP contribution is -2.38. The van der Waals surface area contributed by atoms with Crippen LogP contribution in [0.2, 0.25) is 5.02 Å². The second kappa shape index (κ2) is 9.23. The summed E-state index contributed by atoms with van der Waals surface area (Å²) in [7, 11) is 1.82. The normalized spacial score (nSPS) is 20.3. The van der Waals surface area contributed by atoms with E-state index in [9.17, 15) is 4.79 Å². The molecule has 0 aromatic heterocycles. The van der Waals surface area contributed by atoms with Crippen molar-refractivity contribution in [1.82, 2.24) is 4.90 Å². The zero-order valence-electron chi connectivity index (χ0n) is 12.8. The number of nitrogens with zero attached hydrogens (tertiary/aromatic N) is 1. The topological polar surface area (TPSA) is 55.6 Å². The molecule has 0 radical (unpaired) electrons. The Balaban J connectivity index is 0.00000242. The molecule has 0 unspecified atom stereocenters. The van der Waals surface area contributed by atoms with Crippen LogP contribution in [0.25, 0.3) is 0 Å². The third-order valence-electron chi connectivity index (χ3n) is 4.18. The minimum absolute atomic E-state index is 0. The van der Waals surface area contributed by atoms with E-state index in [0.717, 1.165) is 19.3 Å². The molecule has 6 heteroatoms. The molecule has 2 atom stereocenters. The summed E-state index contributed by atoms with van der Waals surface area (Å²) in [5.41, 5.74) is 5.74. The van der Waals surface area contributed by atoms with E-state index in [4.69, 9.17) is 22.1 Å². The van der Waals surface area contributed by atoms with Gasteiger partial charge in [-0.05, 0) is 37.4 Å². The van der Waals surface area contributed by atoms with Crippen LogP contribution in [0.5, 0.6) is 5.75 Å². The maximum Gasteiger partial charge on any atom is 0.225 e. The second-order valence-corrected chi connectivity index (χ2v) is 5.98. The molecule has 0 saturated heterocycles. The van der Waals surface area contributed by atoms with Crippen molar-refractivity contribution < 1.29 is 9.53 Å². The highest BCUT2D eigenvalue weighted by Crippen LogP contribution is 2.32. The van der Waals surface area contributed by atoms with Crippen molar-refractivity contribution >= 4 is 29.9 Å². The summed E-state index contributed by atoms with van der Waals surface area (Å²) in [6.45, 7) is 1.59. The molecule has 1 fully saturated rings. The molecule has 1 saturated carbocycles. The van der Waals surface area contributed by atoms with Crippen LogP contribution in [0.15, 0.2) is 24.3 Å². The Labute approximate surface area is 143 Å². The highest BCUT2D eigenvalue weighted by atomic mass is 35.5. The van der Waals surface area contributed by atoms with Gasteiger partial charge in [0.05, 0.1) is 11.6 Å². The van der Waals surface area contributed by atoms with E-state index in [2.05, 4.69) is 0 Å². The number of hydrogen-bond donors (Lipinski definition) is 1. The molecular weight excluding hydrogens is 323 g/mol. The molecule has 1 aromatic carbocycles. The van der Waals surface area contributed by atoms with Gasteiger partial charge in [-0.15, -0.1) is 12.4 Å². The summed E-state index contributed by atoms with van der Waals surface area (Å²) in [4.78, 5) is 14.2. The van der Waals surface area contributed by atoms with Crippen molar-refractivity contribution in [3.8, 4) is 5.75 Å². The fourth-order valence-corrected chi connectivity index (χ4v) is 3.08. The third kappa shape index (κ3) is 4.77. The molecule has 1 aliphatic carbocycles. The van der Waals surface area contributed by atoms with Crippen LogP contribution < -0.4 is 10.5 Å². The highest BCUT2D eigenvalue weighted by Gasteiger charge is 2.33. The van der Waals surface area contributed by atoms with Crippen LogP contribution in [0.3, 0.4) is 0 Å². The van der Waals surface area contributed by atoms with E-state index >= 15 is 0 Å². The fourth-order valence-electron chi connectivity index (χ4n) is 2.89. The molecule has 124 valence electrons. The molecule has 1 amide bonds. The van der Waals surface area contributed by atoms with Gasteiger partial charge in [-0.25, -0.2) is 0 Å². The summed E-state index contributed by atoms with van der Waals surface area (Å²) in [6, 6.07) is 7.35. The largest absolute Gasteiger partial charge is 0.490 e. The average Bonchev–Trinajstić information content (AvgIpc) is 2.96. The van der Waals surface area contributed by atoms with Crippen LogP contribution >= 0.6 is 24.0 Å². The summed E-state index contributed by atoms with van der Waals surface area (Å²) in [5.74, 6) is 1.26. The summed E-state index contributed by atoms with van der Waals surface area (Å²) < 4.78 is 5.62. The van der Waals surface area contributed by atoms with Gasteiger partial charge in [-0.1, -0.05) is 30.2 Å². The van der Waals surface area contributed by atoms with E-state index in [-0.39, 0.29) is 24.2 Å².